The summed E-state index contributed by atoms with van der Waals surface area (Å²) in [4.78, 5) is 19.2. The smallest absolute Gasteiger partial charge is 0.198 e. The summed E-state index contributed by atoms with van der Waals surface area (Å²) in [6.07, 6.45) is 2.91. The Morgan fingerprint density at radius 1 is 1.20 bits per heavy atom. The number of aromatic nitrogens is 2. The van der Waals surface area contributed by atoms with E-state index < -0.39 is 17.4 Å². The van der Waals surface area contributed by atoms with Crippen molar-refractivity contribution in [1.29, 1.82) is 0 Å². The molecule has 1 aromatic carbocycles. The number of fused-ring (bicyclic) bond motifs is 1. The van der Waals surface area contributed by atoms with Gasteiger partial charge in [0.25, 0.3) is 0 Å². The molecule has 0 saturated carbocycles. The van der Waals surface area contributed by atoms with Crippen LogP contribution in [0.2, 0.25) is 5.02 Å². The molecule has 0 aliphatic carbocycles. The van der Waals surface area contributed by atoms with Crippen LogP contribution in [-0.4, -0.2) is 15.8 Å². The summed E-state index contributed by atoms with van der Waals surface area (Å²) in [5.41, 5.74) is 0.416. The molecule has 3 aromatic rings. The van der Waals surface area contributed by atoms with Crippen molar-refractivity contribution >= 4 is 28.4 Å². The van der Waals surface area contributed by atoms with E-state index in [0.717, 1.165) is 12.1 Å². The molecule has 0 spiro atoms. The van der Waals surface area contributed by atoms with Crippen molar-refractivity contribution in [3.63, 3.8) is 0 Å². The summed E-state index contributed by atoms with van der Waals surface area (Å²) < 4.78 is 26.6. The molecule has 3 nitrogen and oxygen atoms in total. The minimum Gasteiger partial charge on any atom is -0.345 e. The number of carbonyl (C=O) groups excluding carboxylic acids is 1. The first-order valence-electron chi connectivity index (χ1n) is 5.69. The number of aromatic amines is 1. The van der Waals surface area contributed by atoms with Gasteiger partial charge in [-0.25, -0.2) is 13.8 Å². The second kappa shape index (κ2) is 4.68. The van der Waals surface area contributed by atoms with Crippen LogP contribution in [0.1, 0.15) is 15.9 Å². The summed E-state index contributed by atoms with van der Waals surface area (Å²) in [5.74, 6) is -2.23. The van der Waals surface area contributed by atoms with Crippen LogP contribution < -0.4 is 0 Å². The number of hydrogen-bond acceptors (Lipinski definition) is 2. The third kappa shape index (κ3) is 1.96. The van der Waals surface area contributed by atoms with E-state index in [0.29, 0.717) is 22.1 Å². The predicted octanol–water partition coefficient (Wildman–Crippen LogP) is 3.73. The van der Waals surface area contributed by atoms with E-state index in [2.05, 4.69) is 9.97 Å². The molecule has 2 heterocycles. The standard InChI is InChI=1S/C14H7ClF2N2O/c15-10-3-4-18-14-12(10)9(6-19-14)13(20)8-2-1-7(16)5-11(8)17/h1-6H,(H,18,19). The lowest BCUT2D eigenvalue weighted by atomic mass is 10.0. The summed E-state index contributed by atoms with van der Waals surface area (Å²) >= 11 is 6.03. The quantitative estimate of drug-likeness (QED) is 0.732. The van der Waals surface area contributed by atoms with Crippen LogP contribution in [0.25, 0.3) is 11.0 Å². The zero-order valence-corrected chi connectivity index (χ0v) is 10.7. The van der Waals surface area contributed by atoms with Crippen LogP contribution in [0.5, 0.6) is 0 Å². The lowest BCUT2D eigenvalue weighted by Gasteiger charge is -2.02. The Kier molecular flexibility index (Phi) is 2.99. The molecule has 0 atom stereocenters. The first-order valence-corrected chi connectivity index (χ1v) is 6.07. The summed E-state index contributed by atoms with van der Waals surface area (Å²) in [5, 5.41) is 0.755. The lowest BCUT2D eigenvalue weighted by Crippen LogP contribution is -2.04. The second-order valence-corrected chi connectivity index (χ2v) is 4.58. The van der Waals surface area contributed by atoms with Gasteiger partial charge in [0.05, 0.1) is 16.1 Å². The Morgan fingerprint density at radius 2 is 2.00 bits per heavy atom. The summed E-state index contributed by atoms with van der Waals surface area (Å²) in [6.45, 7) is 0. The van der Waals surface area contributed by atoms with E-state index in [9.17, 15) is 13.6 Å². The molecular weight excluding hydrogens is 286 g/mol. The maximum absolute atomic E-state index is 13.7. The SMILES string of the molecule is O=C(c1ccc(F)cc1F)c1c[nH]c2nccc(Cl)c12. The number of benzene rings is 1. The van der Waals surface area contributed by atoms with Crippen molar-refractivity contribution in [3.8, 4) is 0 Å². The molecule has 0 amide bonds. The molecule has 0 unspecified atom stereocenters. The van der Waals surface area contributed by atoms with Crippen LogP contribution in [0.3, 0.4) is 0 Å². The van der Waals surface area contributed by atoms with Crippen molar-refractivity contribution < 1.29 is 13.6 Å². The monoisotopic (exact) mass is 292 g/mol. The van der Waals surface area contributed by atoms with Gasteiger partial charge in [0.2, 0.25) is 0 Å². The number of pyridine rings is 1. The molecule has 0 saturated heterocycles. The average molecular weight is 293 g/mol. The molecular formula is C14H7ClF2N2O. The highest BCUT2D eigenvalue weighted by molar-refractivity contribution is 6.37. The first kappa shape index (κ1) is 12.7. The van der Waals surface area contributed by atoms with Crippen LogP contribution >= 0.6 is 11.6 Å². The van der Waals surface area contributed by atoms with Crippen molar-refractivity contribution in [2.24, 2.45) is 0 Å². The fraction of sp³-hybridized carbons (Fsp3) is 0. The van der Waals surface area contributed by atoms with Crippen molar-refractivity contribution in [1.82, 2.24) is 9.97 Å². The fourth-order valence-electron chi connectivity index (χ4n) is 2.01. The molecule has 1 N–H and O–H groups in total. The van der Waals surface area contributed by atoms with Gasteiger partial charge in [-0.2, -0.15) is 0 Å². The largest absolute Gasteiger partial charge is 0.345 e. The van der Waals surface area contributed by atoms with Crippen LogP contribution in [0, 0.1) is 11.6 Å². The molecule has 3 rings (SSSR count). The lowest BCUT2D eigenvalue weighted by molar-refractivity contribution is 0.103. The van der Waals surface area contributed by atoms with E-state index in [1.807, 2.05) is 0 Å². The molecule has 2 aromatic heterocycles. The first-order chi connectivity index (χ1) is 9.58. The number of nitrogens with zero attached hydrogens (tertiary/aromatic N) is 1. The highest BCUT2D eigenvalue weighted by atomic mass is 35.5. The van der Waals surface area contributed by atoms with Gasteiger partial charge in [-0.05, 0) is 18.2 Å². The van der Waals surface area contributed by atoms with Crippen LogP contribution in [0.4, 0.5) is 8.78 Å². The Balaban J connectivity index is 2.18. The number of hydrogen-bond donors (Lipinski definition) is 1. The number of rotatable bonds is 2. The van der Waals surface area contributed by atoms with Gasteiger partial charge >= 0.3 is 0 Å². The second-order valence-electron chi connectivity index (χ2n) is 4.17. The minimum atomic E-state index is -0.913. The van der Waals surface area contributed by atoms with Gasteiger partial charge in [-0.1, -0.05) is 11.6 Å². The Bertz CT molecular complexity index is 829. The maximum Gasteiger partial charge on any atom is 0.198 e. The molecule has 0 radical (unpaired) electrons. The van der Waals surface area contributed by atoms with Gasteiger partial charge in [-0.3, -0.25) is 4.79 Å². The van der Waals surface area contributed by atoms with Gasteiger partial charge in [0.15, 0.2) is 5.78 Å². The molecule has 0 aliphatic rings. The maximum atomic E-state index is 13.7. The normalized spacial score (nSPS) is 10.9. The van der Waals surface area contributed by atoms with Gasteiger partial charge < -0.3 is 4.98 Å². The summed E-state index contributed by atoms with van der Waals surface area (Å²) in [7, 11) is 0. The van der Waals surface area contributed by atoms with Crippen LogP contribution in [-0.2, 0) is 0 Å². The van der Waals surface area contributed by atoms with Crippen LogP contribution in [0.15, 0.2) is 36.7 Å². The topological polar surface area (TPSA) is 45.8 Å². The van der Waals surface area contributed by atoms with Crippen molar-refractivity contribution in [2.45, 2.75) is 0 Å². The molecule has 0 fully saturated rings. The van der Waals surface area contributed by atoms with Crippen molar-refractivity contribution in [2.75, 3.05) is 0 Å². The van der Waals surface area contributed by atoms with Gasteiger partial charge in [0.1, 0.15) is 17.3 Å². The number of ketones is 1. The number of halogens is 3. The predicted molar refractivity (Wildman–Crippen MR) is 70.9 cm³/mol. The van der Waals surface area contributed by atoms with E-state index in [-0.39, 0.29) is 11.1 Å². The summed E-state index contributed by atoms with van der Waals surface area (Å²) in [6, 6.07) is 4.35. The Labute approximate surface area is 117 Å². The fourth-order valence-corrected chi connectivity index (χ4v) is 2.26. The van der Waals surface area contributed by atoms with Gasteiger partial charge in [0, 0.05) is 23.8 Å². The number of nitrogens with one attached hydrogen (secondary N) is 1. The average Bonchev–Trinajstić information content (AvgIpc) is 2.83. The third-order valence-corrected chi connectivity index (χ3v) is 3.26. The minimum absolute atomic E-state index is 0.198. The Hall–Kier alpha value is -2.27. The zero-order chi connectivity index (χ0) is 14.3. The molecule has 0 bridgehead atoms. The molecule has 20 heavy (non-hydrogen) atoms. The molecule has 100 valence electrons. The van der Waals surface area contributed by atoms with E-state index in [4.69, 9.17) is 11.6 Å². The molecule has 6 heteroatoms. The van der Waals surface area contributed by atoms with Crippen molar-refractivity contribution in [3.05, 3.63) is 64.4 Å². The van der Waals surface area contributed by atoms with E-state index >= 15 is 0 Å². The zero-order valence-electron chi connectivity index (χ0n) is 9.95. The molecule has 0 aliphatic heterocycles. The van der Waals surface area contributed by atoms with E-state index in [1.165, 1.54) is 18.5 Å². The van der Waals surface area contributed by atoms with E-state index in [1.54, 1.807) is 0 Å². The number of H-pyrrole nitrogens is 1. The highest BCUT2D eigenvalue weighted by Crippen LogP contribution is 2.27. The Morgan fingerprint density at radius 3 is 2.75 bits per heavy atom. The number of carbonyl (C=O) groups is 1. The third-order valence-electron chi connectivity index (χ3n) is 2.94. The highest BCUT2D eigenvalue weighted by Gasteiger charge is 2.20. The van der Waals surface area contributed by atoms with Gasteiger partial charge in [-0.15, -0.1) is 0 Å².